The molecule has 1 saturated heterocycles. The van der Waals surface area contributed by atoms with Gasteiger partial charge in [0, 0.05) is 6.54 Å². The quantitative estimate of drug-likeness (QED) is 0.852. The Morgan fingerprint density at radius 1 is 1.04 bits per heavy atom. The summed E-state index contributed by atoms with van der Waals surface area (Å²) in [4.78, 5) is 14.0. The Labute approximate surface area is 156 Å². The molecule has 1 fully saturated rings. The number of carboxylic acids is 1. The number of hydrogen-bond donors (Lipinski definition) is 1. The number of nitrogens with zero attached hydrogens (tertiary/aromatic N) is 1. The first-order valence-electron chi connectivity index (χ1n) is 8.64. The van der Waals surface area contributed by atoms with Crippen LogP contribution < -0.4 is 0 Å². The molecule has 0 unspecified atom stereocenters. The molecule has 3 nitrogen and oxygen atoms in total. The first-order chi connectivity index (χ1) is 11.5. The van der Waals surface area contributed by atoms with Crippen LogP contribution in [-0.2, 0) is 6.54 Å². The van der Waals surface area contributed by atoms with Gasteiger partial charge in [-0.2, -0.15) is 0 Å². The summed E-state index contributed by atoms with van der Waals surface area (Å²) in [5.41, 5.74) is 5.26. The number of aryl methyl sites for hydroxylation is 2. The first-order valence-corrected chi connectivity index (χ1v) is 8.64. The van der Waals surface area contributed by atoms with Crippen LogP contribution in [0, 0.1) is 13.8 Å². The highest BCUT2D eigenvalue weighted by molar-refractivity contribution is 5.89. The Morgan fingerprint density at radius 2 is 1.64 bits per heavy atom. The maximum Gasteiger partial charge on any atom is 0.335 e. The van der Waals surface area contributed by atoms with Gasteiger partial charge < -0.3 is 5.11 Å². The van der Waals surface area contributed by atoms with Crippen molar-refractivity contribution in [3.05, 3.63) is 70.3 Å². The molecular formula is C21H26ClNO2. The van der Waals surface area contributed by atoms with Gasteiger partial charge in [0.15, 0.2) is 0 Å². The van der Waals surface area contributed by atoms with Crippen LogP contribution in [0.1, 0.15) is 51.4 Å². The molecule has 134 valence electrons. The van der Waals surface area contributed by atoms with Crippen LogP contribution in [0.5, 0.6) is 0 Å². The third-order valence-electron chi connectivity index (χ3n) is 4.99. The number of carbonyl (C=O) groups is 1. The SMILES string of the molecule is Cc1ccc(CN2CCC(c3cc(C)ccc3C(=O)O)CC2)cc1.Cl. The number of hydrogen-bond acceptors (Lipinski definition) is 2. The van der Waals surface area contributed by atoms with Crippen molar-refractivity contribution >= 4 is 18.4 Å². The Hall–Kier alpha value is -1.84. The average Bonchev–Trinajstić information content (AvgIpc) is 2.57. The van der Waals surface area contributed by atoms with E-state index in [1.165, 1.54) is 11.1 Å². The Morgan fingerprint density at radius 3 is 2.24 bits per heavy atom. The lowest BCUT2D eigenvalue weighted by Crippen LogP contribution is -2.32. The van der Waals surface area contributed by atoms with Gasteiger partial charge in [0.2, 0.25) is 0 Å². The van der Waals surface area contributed by atoms with Crippen molar-refractivity contribution in [3.63, 3.8) is 0 Å². The highest BCUT2D eigenvalue weighted by Gasteiger charge is 2.24. The Kier molecular flexibility index (Phi) is 6.63. The summed E-state index contributed by atoms with van der Waals surface area (Å²) in [7, 11) is 0. The lowest BCUT2D eigenvalue weighted by Gasteiger charge is -2.33. The summed E-state index contributed by atoms with van der Waals surface area (Å²) in [6.07, 6.45) is 2.05. The van der Waals surface area contributed by atoms with E-state index in [0.29, 0.717) is 11.5 Å². The van der Waals surface area contributed by atoms with Crippen molar-refractivity contribution < 1.29 is 9.90 Å². The fourth-order valence-corrected chi connectivity index (χ4v) is 3.57. The zero-order valence-electron chi connectivity index (χ0n) is 14.9. The fraction of sp³-hybridized carbons (Fsp3) is 0.381. The summed E-state index contributed by atoms with van der Waals surface area (Å²) < 4.78 is 0. The molecular weight excluding hydrogens is 334 g/mol. The zero-order valence-corrected chi connectivity index (χ0v) is 15.7. The monoisotopic (exact) mass is 359 g/mol. The van der Waals surface area contributed by atoms with E-state index >= 15 is 0 Å². The number of likely N-dealkylation sites (tertiary alicyclic amines) is 1. The molecule has 1 N–H and O–H groups in total. The first kappa shape index (κ1) is 19.5. The van der Waals surface area contributed by atoms with Crippen molar-refractivity contribution in [2.75, 3.05) is 13.1 Å². The largest absolute Gasteiger partial charge is 0.478 e. The molecule has 2 aromatic rings. The molecule has 0 radical (unpaired) electrons. The van der Waals surface area contributed by atoms with Gasteiger partial charge in [0.1, 0.15) is 0 Å². The van der Waals surface area contributed by atoms with Crippen LogP contribution in [0.3, 0.4) is 0 Å². The molecule has 25 heavy (non-hydrogen) atoms. The molecule has 0 saturated carbocycles. The van der Waals surface area contributed by atoms with Crippen LogP contribution >= 0.6 is 12.4 Å². The molecule has 0 amide bonds. The van der Waals surface area contributed by atoms with Crippen LogP contribution in [0.15, 0.2) is 42.5 Å². The number of halogens is 1. The van der Waals surface area contributed by atoms with Gasteiger partial charge in [-0.3, -0.25) is 4.90 Å². The van der Waals surface area contributed by atoms with Crippen molar-refractivity contribution in [1.29, 1.82) is 0 Å². The van der Waals surface area contributed by atoms with Crippen LogP contribution in [-0.4, -0.2) is 29.1 Å². The third kappa shape index (κ3) is 4.83. The zero-order chi connectivity index (χ0) is 17.1. The molecule has 0 atom stereocenters. The molecule has 2 aromatic carbocycles. The topological polar surface area (TPSA) is 40.5 Å². The number of benzene rings is 2. The Bertz CT molecular complexity index is 719. The molecule has 1 heterocycles. The predicted octanol–water partition coefficient (Wildman–Crippen LogP) is 4.80. The number of piperidine rings is 1. The molecule has 1 aliphatic heterocycles. The van der Waals surface area contributed by atoms with Crippen molar-refractivity contribution in [3.8, 4) is 0 Å². The van der Waals surface area contributed by atoms with E-state index in [1.807, 2.05) is 13.0 Å². The molecule has 0 aromatic heterocycles. The second kappa shape index (κ2) is 8.50. The summed E-state index contributed by atoms with van der Waals surface area (Å²) in [6.45, 7) is 7.16. The van der Waals surface area contributed by atoms with Gasteiger partial charge in [-0.25, -0.2) is 4.79 Å². The Balaban J connectivity index is 0.00000225. The van der Waals surface area contributed by atoms with Crippen molar-refractivity contribution in [2.24, 2.45) is 0 Å². The fourth-order valence-electron chi connectivity index (χ4n) is 3.57. The average molecular weight is 360 g/mol. The van der Waals surface area contributed by atoms with E-state index in [2.05, 4.69) is 42.2 Å². The second-order valence-electron chi connectivity index (χ2n) is 6.93. The summed E-state index contributed by atoms with van der Waals surface area (Å²) in [5, 5.41) is 9.45. The maximum atomic E-state index is 11.5. The molecule has 0 bridgehead atoms. The number of rotatable bonds is 4. The highest BCUT2D eigenvalue weighted by atomic mass is 35.5. The normalized spacial score (nSPS) is 15.6. The van der Waals surface area contributed by atoms with Crippen molar-refractivity contribution in [1.82, 2.24) is 4.90 Å². The minimum Gasteiger partial charge on any atom is -0.478 e. The van der Waals surface area contributed by atoms with E-state index in [9.17, 15) is 9.90 Å². The van der Waals surface area contributed by atoms with Gasteiger partial charge in [0.25, 0.3) is 0 Å². The van der Waals surface area contributed by atoms with E-state index in [-0.39, 0.29) is 12.4 Å². The number of aromatic carboxylic acids is 1. The predicted molar refractivity (Wildman–Crippen MR) is 104 cm³/mol. The van der Waals surface area contributed by atoms with E-state index in [0.717, 1.165) is 43.6 Å². The molecule has 0 spiro atoms. The standard InChI is InChI=1S/C21H25NO2.ClH/c1-15-3-6-17(7-4-15)14-22-11-9-18(10-12-22)20-13-16(2)5-8-19(20)21(23)24;/h3-8,13,18H,9-12,14H2,1-2H3,(H,23,24);1H. The molecule has 1 aliphatic rings. The summed E-state index contributed by atoms with van der Waals surface area (Å²) in [6, 6.07) is 14.4. The van der Waals surface area contributed by atoms with Gasteiger partial charge >= 0.3 is 5.97 Å². The lowest BCUT2D eigenvalue weighted by atomic mass is 9.85. The van der Waals surface area contributed by atoms with Crippen LogP contribution in [0.4, 0.5) is 0 Å². The lowest BCUT2D eigenvalue weighted by molar-refractivity contribution is 0.0694. The maximum absolute atomic E-state index is 11.5. The highest BCUT2D eigenvalue weighted by Crippen LogP contribution is 2.31. The molecule has 0 aliphatic carbocycles. The van der Waals surface area contributed by atoms with E-state index in [1.54, 1.807) is 6.07 Å². The van der Waals surface area contributed by atoms with Crippen LogP contribution in [0.25, 0.3) is 0 Å². The van der Waals surface area contributed by atoms with E-state index < -0.39 is 5.97 Å². The van der Waals surface area contributed by atoms with Gasteiger partial charge in [-0.15, -0.1) is 12.4 Å². The van der Waals surface area contributed by atoms with Crippen LogP contribution in [0.2, 0.25) is 0 Å². The number of carboxylic acid groups (broad SMARTS) is 1. The third-order valence-corrected chi connectivity index (χ3v) is 4.99. The minimum absolute atomic E-state index is 0. The second-order valence-corrected chi connectivity index (χ2v) is 6.93. The minimum atomic E-state index is -0.813. The van der Waals surface area contributed by atoms with Gasteiger partial charge in [-0.05, 0) is 62.9 Å². The van der Waals surface area contributed by atoms with Crippen molar-refractivity contribution in [2.45, 2.75) is 39.2 Å². The smallest absolute Gasteiger partial charge is 0.335 e. The summed E-state index contributed by atoms with van der Waals surface area (Å²) >= 11 is 0. The summed E-state index contributed by atoms with van der Waals surface area (Å²) in [5.74, 6) is -0.461. The van der Waals surface area contributed by atoms with Gasteiger partial charge in [-0.1, -0.05) is 47.5 Å². The molecule has 3 rings (SSSR count). The molecule has 4 heteroatoms. The van der Waals surface area contributed by atoms with E-state index in [4.69, 9.17) is 0 Å². The van der Waals surface area contributed by atoms with Gasteiger partial charge in [0.05, 0.1) is 5.56 Å².